The van der Waals surface area contributed by atoms with Crippen LogP contribution in [0.15, 0.2) is 18.2 Å². The number of benzene rings is 1. The second kappa shape index (κ2) is 5.23. The molecule has 88 valence electrons. The van der Waals surface area contributed by atoms with Gasteiger partial charge >= 0.3 is 0 Å². The molecule has 4 heteroatoms. The molecule has 0 unspecified atom stereocenters. The largest absolute Gasteiger partial charge is 0.397 e. The summed E-state index contributed by atoms with van der Waals surface area (Å²) in [6.45, 7) is 7.81. The summed E-state index contributed by atoms with van der Waals surface area (Å²) in [7, 11) is 0. The van der Waals surface area contributed by atoms with Gasteiger partial charge in [-0.15, -0.1) is 0 Å². The zero-order valence-corrected chi connectivity index (χ0v) is 11.8. The second-order valence-corrected chi connectivity index (χ2v) is 5.37. The van der Waals surface area contributed by atoms with Crippen LogP contribution in [0.3, 0.4) is 0 Å². The SMILES string of the molecule is CCN1CCN(c2ccc(I)cc2N)CC1. The highest BCUT2D eigenvalue weighted by molar-refractivity contribution is 14.1. The summed E-state index contributed by atoms with van der Waals surface area (Å²) in [5.41, 5.74) is 8.15. The molecule has 1 heterocycles. The summed E-state index contributed by atoms with van der Waals surface area (Å²) >= 11 is 2.30. The van der Waals surface area contributed by atoms with Gasteiger partial charge in [0, 0.05) is 29.7 Å². The van der Waals surface area contributed by atoms with Crippen LogP contribution in [-0.2, 0) is 0 Å². The van der Waals surface area contributed by atoms with Gasteiger partial charge in [0.2, 0.25) is 0 Å². The lowest BCUT2D eigenvalue weighted by molar-refractivity contribution is 0.271. The van der Waals surface area contributed by atoms with E-state index in [2.05, 4.69) is 51.4 Å². The average Bonchev–Trinajstić information content (AvgIpc) is 2.29. The standard InChI is InChI=1S/C12H18IN3/c1-2-15-5-7-16(8-6-15)12-4-3-10(13)9-11(12)14/h3-4,9H,2,5-8,14H2,1H3. The number of nitrogen functional groups attached to an aromatic ring is 1. The van der Waals surface area contributed by atoms with Gasteiger partial charge in [-0.3, -0.25) is 0 Å². The number of hydrogen-bond donors (Lipinski definition) is 1. The molecule has 1 saturated heterocycles. The molecule has 1 aliphatic rings. The van der Waals surface area contributed by atoms with Gasteiger partial charge in [0.25, 0.3) is 0 Å². The minimum atomic E-state index is 0.900. The van der Waals surface area contributed by atoms with Crippen LogP contribution in [0.5, 0.6) is 0 Å². The van der Waals surface area contributed by atoms with Gasteiger partial charge in [-0.2, -0.15) is 0 Å². The summed E-state index contributed by atoms with van der Waals surface area (Å²) in [6.07, 6.45) is 0. The fourth-order valence-electron chi connectivity index (χ4n) is 2.12. The maximum atomic E-state index is 6.06. The number of rotatable bonds is 2. The molecule has 0 radical (unpaired) electrons. The molecule has 1 aromatic rings. The Morgan fingerprint density at radius 1 is 1.25 bits per heavy atom. The Balaban J connectivity index is 2.08. The average molecular weight is 331 g/mol. The third kappa shape index (κ3) is 2.60. The Morgan fingerprint density at radius 3 is 2.50 bits per heavy atom. The van der Waals surface area contributed by atoms with E-state index in [1.165, 1.54) is 9.26 Å². The smallest absolute Gasteiger partial charge is 0.0601 e. The first-order chi connectivity index (χ1) is 7.70. The molecule has 1 aliphatic heterocycles. The van der Waals surface area contributed by atoms with Crippen molar-refractivity contribution < 1.29 is 0 Å². The zero-order chi connectivity index (χ0) is 11.5. The van der Waals surface area contributed by atoms with Crippen molar-refractivity contribution in [2.75, 3.05) is 43.4 Å². The van der Waals surface area contributed by atoms with Crippen LogP contribution >= 0.6 is 22.6 Å². The lowest BCUT2D eigenvalue weighted by Crippen LogP contribution is -2.46. The zero-order valence-electron chi connectivity index (χ0n) is 9.62. The predicted molar refractivity (Wildman–Crippen MR) is 77.9 cm³/mol. The summed E-state index contributed by atoms with van der Waals surface area (Å²) in [5.74, 6) is 0. The number of piperazine rings is 1. The van der Waals surface area contributed by atoms with Crippen molar-refractivity contribution in [2.24, 2.45) is 0 Å². The Hall–Kier alpha value is -0.490. The number of likely N-dealkylation sites (N-methyl/N-ethyl adjacent to an activating group) is 1. The molecular weight excluding hydrogens is 313 g/mol. The number of hydrogen-bond acceptors (Lipinski definition) is 3. The Morgan fingerprint density at radius 2 is 1.94 bits per heavy atom. The van der Waals surface area contributed by atoms with E-state index in [9.17, 15) is 0 Å². The monoisotopic (exact) mass is 331 g/mol. The molecule has 0 aliphatic carbocycles. The van der Waals surface area contributed by atoms with Gasteiger partial charge in [-0.1, -0.05) is 6.92 Å². The van der Waals surface area contributed by atoms with Gasteiger partial charge in [0.1, 0.15) is 0 Å². The molecule has 0 spiro atoms. The van der Waals surface area contributed by atoms with Gasteiger partial charge in [0.05, 0.1) is 11.4 Å². The van der Waals surface area contributed by atoms with Crippen LogP contribution in [0.1, 0.15) is 6.92 Å². The number of halogens is 1. The van der Waals surface area contributed by atoms with Gasteiger partial charge in [0.15, 0.2) is 0 Å². The second-order valence-electron chi connectivity index (χ2n) is 4.12. The summed E-state index contributed by atoms with van der Waals surface area (Å²) in [5, 5.41) is 0. The molecule has 1 fully saturated rings. The third-order valence-corrected chi connectivity index (χ3v) is 3.82. The van der Waals surface area contributed by atoms with Gasteiger partial charge < -0.3 is 15.5 Å². The van der Waals surface area contributed by atoms with E-state index < -0.39 is 0 Å². The molecule has 0 atom stereocenters. The maximum absolute atomic E-state index is 6.06. The Kier molecular flexibility index (Phi) is 3.91. The van der Waals surface area contributed by atoms with Crippen molar-refractivity contribution in [1.29, 1.82) is 0 Å². The summed E-state index contributed by atoms with van der Waals surface area (Å²) in [6, 6.07) is 6.30. The highest BCUT2D eigenvalue weighted by Gasteiger charge is 2.17. The third-order valence-electron chi connectivity index (χ3n) is 3.15. The van der Waals surface area contributed by atoms with Crippen molar-refractivity contribution in [3.63, 3.8) is 0 Å². The highest BCUT2D eigenvalue weighted by Crippen LogP contribution is 2.25. The Bertz CT molecular complexity index is 359. The summed E-state index contributed by atoms with van der Waals surface area (Å²) in [4.78, 5) is 4.86. The molecule has 0 amide bonds. The lowest BCUT2D eigenvalue weighted by atomic mass is 10.2. The van der Waals surface area contributed by atoms with Crippen molar-refractivity contribution in [3.8, 4) is 0 Å². The van der Waals surface area contributed by atoms with Crippen LogP contribution in [0.25, 0.3) is 0 Å². The number of nitrogens with zero attached hydrogens (tertiary/aromatic N) is 2. The molecule has 0 bridgehead atoms. The van der Waals surface area contributed by atoms with Crippen molar-refractivity contribution in [1.82, 2.24) is 4.90 Å². The van der Waals surface area contributed by atoms with Crippen molar-refractivity contribution >= 4 is 34.0 Å². The van der Waals surface area contributed by atoms with Gasteiger partial charge in [-0.05, 0) is 47.3 Å². The van der Waals surface area contributed by atoms with E-state index >= 15 is 0 Å². The minimum Gasteiger partial charge on any atom is -0.397 e. The van der Waals surface area contributed by atoms with Crippen LogP contribution in [-0.4, -0.2) is 37.6 Å². The first-order valence-corrected chi connectivity index (χ1v) is 6.81. The van der Waals surface area contributed by atoms with E-state index in [1.54, 1.807) is 0 Å². The van der Waals surface area contributed by atoms with Crippen LogP contribution in [0, 0.1) is 3.57 Å². The van der Waals surface area contributed by atoms with E-state index in [0.717, 1.165) is 38.4 Å². The highest BCUT2D eigenvalue weighted by atomic mass is 127. The van der Waals surface area contributed by atoms with Crippen LogP contribution in [0.2, 0.25) is 0 Å². The molecule has 0 aromatic heterocycles. The molecule has 16 heavy (non-hydrogen) atoms. The topological polar surface area (TPSA) is 32.5 Å². The number of nitrogens with two attached hydrogens (primary N) is 1. The van der Waals surface area contributed by atoms with Crippen molar-refractivity contribution in [3.05, 3.63) is 21.8 Å². The molecule has 2 N–H and O–H groups in total. The normalized spacial score (nSPS) is 17.8. The lowest BCUT2D eigenvalue weighted by Gasteiger charge is -2.36. The predicted octanol–water partition coefficient (Wildman–Crippen LogP) is 2.02. The Labute approximate surface area is 111 Å². The fourth-order valence-corrected chi connectivity index (χ4v) is 2.63. The minimum absolute atomic E-state index is 0.900. The summed E-state index contributed by atoms with van der Waals surface area (Å²) < 4.78 is 1.20. The van der Waals surface area contributed by atoms with Gasteiger partial charge in [-0.25, -0.2) is 0 Å². The number of anilines is 2. The quantitative estimate of drug-likeness (QED) is 0.665. The first-order valence-electron chi connectivity index (χ1n) is 5.73. The molecule has 0 saturated carbocycles. The fraction of sp³-hybridized carbons (Fsp3) is 0.500. The van der Waals surface area contributed by atoms with Crippen LogP contribution in [0.4, 0.5) is 11.4 Å². The molecule has 1 aromatic carbocycles. The van der Waals surface area contributed by atoms with E-state index in [4.69, 9.17) is 5.73 Å². The first kappa shape index (κ1) is 12.0. The molecular formula is C12H18IN3. The molecule has 3 nitrogen and oxygen atoms in total. The maximum Gasteiger partial charge on any atom is 0.0601 e. The van der Waals surface area contributed by atoms with Crippen LogP contribution < -0.4 is 10.6 Å². The van der Waals surface area contributed by atoms with E-state index in [1.807, 2.05) is 6.07 Å². The van der Waals surface area contributed by atoms with E-state index in [-0.39, 0.29) is 0 Å². The molecule has 2 rings (SSSR count). The van der Waals surface area contributed by atoms with E-state index in [0.29, 0.717) is 0 Å². The van der Waals surface area contributed by atoms with Crippen molar-refractivity contribution in [2.45, 2.75) is 6.92 Å².